The van der Waals surface area contributed by atoms with E-state index in [1.807, 2.05) is 16.0 Å². The van der Waals surface area contributed by atoms with Crippen LogP contribution in [0.3, 0.4) is 0 Å². The molecule has 0 aliphatic carbocycles. The molecule has 0 atom stereocenters. The van der Waals surface area contributed by atoms with E-state index < -0.39 is 0 Å². The van der Waals surface area contributed by atoms with E-state index in [0.717, 1.165) is 89.4 Å². The SMILES string of the molecule is Cl.Cl.O=C(N1CCCC1)N1CCC(n2ccnc2-c2cc3n(n2)CCCNC3)CC1. The fraction of sp³-hybridized carbons (Fsp3) is 0.650. The first-order chi connectivity index (χ1) is 13.8. The number of fused-ring (bicyclic) bond motifs is 1. The molecule has 2 fully saturated rings. The third kappa shape index (κ3) is 4.45. The number of urea groups is 1. The van der Waals surface area contributed by atoms with Gasteiger partial charge < -0.3 is 19.7 Å². The minimum atomic E-state index is 0. The van der Waals surface area contributed by atoms with Gasteiger partial charge in [-0.15, -0.1) is 24.8 Å². The Kier molecular flexibility index (Phi) is 7.65. The van der Waals surface area contributed by atoms with Crippen LogP contribution in [0.25, 0.3) is 11.5 Å². The van der Waals surface area contributed by atoms with E-state index >= 15 is 0 Å². The van der Waals surface area contributed by atoms with Crippen molar-refractivity contribution in [2.24, 2.45) is 0 Å². The summed E-state index contributed by atoms with van der Waals surface area (Å²) in [4.78, 5) is 21.3. The molecule has 8 nitrogen and oxygen atoms in total. The van der Waals surface area contributed by atoms with Gasteiger partial charge in [0.15, 0.2) is 5.82 Å². The summed E-state index contributed by atoms with van der Waals surface area (Å²) in [5.41, 5.74) is 2.19. The van der Waals surface area contributed by atoms with Crippen LogP contribution in [0.1, 0.15) is 43.8 Å². The lowest BCUT2D eigenvalue weighted by Gasteiger charge is -2.35. The van der Waals surface area contributed by atoms with Crippen LogP contribution in [0.15, 0.2) is 18.5 Å². The number of halogens is 2. The third-order valence-electron chi connectivity index (χ3n) is 6.30. The molecule has 0 radical (unpaired) electrons. The third-order valence-corrected chi connectivity index (χ3v) is 6.30. The molecule has 2 aromatic rings. The van der Waals surface area contributed by atoms with Crippen LogP contribution in [-0.2, 0) is 13.1 Å². The van der Waals surface area contributed by atoms with Crippen molar-refractivity contribution >= 4 is 30.8 Å². The predicted molar refractivity (Wildman–Crippen MR) is 120 cm³/mol. The molecule has 1 N–H and O–H groups in total. The average Bonchev–Trinajstić information content (AvgIpc) is 3.47. The number of carbonyl (C=O) groups excluding carboxylic acids is 1. The molecule has 0 unspecified atom stereocenters. The van der Waals surface area contributed by atoms with Crippen LogP contribution in [-0.4, -0.2) is 67.9 Å². The lowest BCUT2D eigenvalue weighted by atomic mass is 10.0. The molecule has 2 amide bonds. The molecule has 5 rings (SSSR count). The zero-order valence-corrected chi connectivity index (χ0v) is 18.8. The summed E-state index contributed by atoms with van der Waals surface area (Å²) in [6.45, 7) is 6.35. The number of imidazole rings is 1. The fourth-order valence-corrected chi connectivity index (χ4v) is 4.72. The Morgan fingerprint density at radius 3 is 2.50 bits per heavy atom. The van der Waals surface area contributed by atoms with Crippen molar-refractivity contribution < 1.29 is 4.79 Å². The number of aryl methyl sites for hydroxylation is 1. The first-order valence-corrected chi connectivity index (χ1v) is 10.6. The molecule has 5 heterocycles. The second kappa shape index (κ2) is 10.0. The highest BCUT2D eigenvalue weighted by atomic mass is 35.5. The van der Waals surface area contributed by atoms with Crippen LogP contribution in [0.5, 0.6) is 0 Å². The number of aromatic nitrogens is 4. The van der Waals surface area contributed by atoms with E-state index in [9.17, 15) is 4.79 Å². The fourth-order valence-electron chi connectivity index (χ4n) is 4.72. The highest BCUT2D eigenvalue weighted by Gasteiger charge is 2.29. The van der Waals surface area contributed by atoms with Gasteiger partial charge in [0.1, 0.15) is 5.69 Å². The van der Waals surface area contributed by atoms with Crippen molar-refractivity contribution in [3.05, 3.63) is 24.2 Å². The maximum atomic E-state index is 12.6. The second-order valence-corrected chi connectivity index (χ2v) is 8.13. The summed E-state index contributed by atoms with van der Waals surface area (Å²) in [7, 11) is 0. The zero-order chi connectivity index (χ0) is 18.9. The highest BCUT2D eigenvalue weighted by molar-refractivity contribution is 5.85. The topological polar surface area (TPSA) is 71.2 Å². The minimum absolute atomic E-state index is 0. The van der Waals surface area contributed by atoms with E-state index in [-0.39, 0.29) is 30.8 Å². The quantitative estimate of drug-likeness (QED) is 0.755. The zero-order valence-electron chi connectivity index (χ0n) is 17.2. The van der Waals surface area contributed by atoms with Crippen molar-refractivity contribution in [2.45, 2.75) is 51.2 Å². The first-order valence-electron chi connectivity index (χ1n) is 10.6. The summed E-state index contributed by atoms with van der Waals surface area (Å²) in [6.07, 6.45) is 9.28. The maximum Gasteiger partial charge on any atom is 0.319 e. The number of rotatable bonds is 2. The summed E-state index contributed by atoms with van der Waals surface area (Å²) in [5, 5.41) is 8.28. The summed E-state index contributed by atoms with van der Waals surface area (Å²) >= 11 is 0. The van der Waals surface area contributed by atoms with Crippen LogP contribution >= 0.6 is 24.8 Å². The monoisotopic (exact) mass is 455 g/mol. The Bertz CT molecular complexity index is 815. The number of nitrogens with zero attached hydrogens (tertiary/aromatic N) is 6. The van der Waals surface area contributed by atoms with Gasteiger partial charge in [-0.1, -0.05) is 0 Å². The molecule has 30 heavy (non-hydrogen) atoms. The van der Waals surface area contributed by atoms with Crippen molar-refractivity contribution in [3.8, 4) is 11.5 Å². The number of amides is 2. The molecule has 2 saturated heterocycles. The lowest BCUT2D eigenvalue weighted by Crippen LogP contribution is -2.45. The molecule has 0 saturated carbocycles. The van der Waals surface area contributed by atoms with Crippen LogP contribution < -0.4 is 5.32 Å². The number of hydrogen-bond donors (Lipinski definition) is 1. The molecule has 2 aromatic heterocycles. The van der Waals surface area contributed by atoms with Gasteiger partial charge in [-0.3, -0.25) is 4.68 Å². The Morgan fingerprint density at radius 2 is 1.73 bits per heavy atom. The molecule has 0 bridgehead atoms. The number of nitrogens with one attached hydrogen (secondary N) is 1. The minimum Gasteiger partial charge on any atom is -0.326 e. The number of carbonyl (C=O) groups is 1. The number of likely N-dealkylation sites (tertiary alicyclic amines) is 2. The molecular weight excluding hydrogens is 425 g/mol. The molecule has 0 spiro atoms. The Hall–Kier alpha value is -1.77. The van der Waals surface area contributed by atoms with Crippen molar-refractivity contribution in [1.29, 1.82) is 0 Å². The van der Waals surface area contributed by atoms with Crippen molar-refractivity contribution in [2.75, 3.05) is 32.7 Å². The molecule has 166 valence electrons. The molecule has 3 aliphatic rings. The van der Waals surface area contributed by atoms with Gasteiger partial charge in [0.05, 0.1) is 5.69 Å². The normalized spacial score (nSPS) is 19.6. The Labute approximate surface area is 189 Å². The molecular formula is C20H31Cl2N7O. The highest BCUT2D eigenvalue weighted by Crippen LogP contribution is 2.29. The van der Waals surface area contributed by atoms with Gasteiger partial charge in [0, 0.05) is 57.7 Å². The van der Waals surface area contributed by atoms with Crippen molar-refractivity contribution in [3.63, 3.8) is 0 Å². The lowest BCUT2D eigenvalue weighted by molar-refractivity contribution is 0.141. The molecule has 0 aromatic carbocycles. The summed E-state index contributed by atoms with van der Waals surface area (Å²) in [6, 6.07) is 2.77. The Morgan fingerprint density at radius 1 is 1.00 bits per heavy atom. The Balaban J connectivity index is 0.00000128. The average molecular weight is 456 g/mol. The van der Waals surface area contributed by atoms with E-state index in [2.05, 4.69) is 31.8 Å². The number of hydrogen-bond acceptors (Lipinski definition) is 4. The molecule has 3 aliphatic heterocycles. The maximum absolute atomic E-state index is 12.6. The van der Waals surface area contributed by atoms with Gasteiger partial charge in [-0.25, -0.2) is 9.78 Å². The van der Waals surface area contributed by atoms with Gasteiger partial charge in [-0.2, -0.15) is 5.10 Å². The van der Waals surface area contributed by atoms with Crippen LogP contribution in [0.4, 0.5) is 4.79 Å². The molecule has 10 heteroatoms. The second-order valence-electron chi connectivity index (χ2n) is 8.13. The van der Waals surface area contributed by atoms with E-state index in [0.29, 0.717) is 6.04 Å². The summed E-state index contributed by atoms with van der Waals surface area (Å²) < 4.78 is 4.39. The first kappa shape index (κ1) is 22.9. The summed E-state index contributed by atoms with van der Waals surface area (Å²) in [5.74, 6) is 0.949. The van der Waals surface area contributed by atoms with Crippen LogP contribution in [0, 0.1) is 0 Å². The van der Waals surface area contributed by atoms with Gasteiger partial charge in [-0.05, 0) is 44.7 Å². The van der Waals surface area contributed by atoms with E-state index in [1.54, 1.807) is 0 Å². The number of piperidine rings is 1. The van der Waals surface area contributed by atoms with Crippen molar-refractivity contribution in [1.82, 2.24) is 34.4 Å². The standard InChI is InChI=1S/C20H29N7O.2ClH/c28-20(24-8-1-2-9-24)25-11-4-16(5-12-25)26-13-7-22-19(26)18-14-17-15-21-6-3-10-27(17)23-18;;/h7,13-14,16,21H,1-6,8-12,15H2;2*1H. The largest absolute Gasteiger partial charge is 0.326 e. The van der Waals surface area contributed by atoms with E-state index in [4.69, 9.17) is 5.10 Å². The van der Waals surface area contributed by atoms with E-state index in [1.165, 1.54) is 5.69 Å². The van der Waals surface area contributed by atoms with Gasteiger partial charge in [0.2, 0.25) is 0 Å². The predicted octanol–water partition coefficient (Wildman–Crippen LogP) is 2.94. The van der Waals surface area contributed by atoms with Crippen LogP contribution in [0.2, 0.25) is 0 Å². The van der Waals surface area contributed by atoms with Gasteiger partial charge in [0.25, 0.3) is 0 Å². The smallest absolute Gasteiger partial charge is 0.319 e. The van der Waals surface area contributed by atoms with Gasteiger partial charge >= 0.3 is 6.03 Å².